The van der Waals surface area contributed by atoms with Crippen molar-refractivity contribution in [2.45, 2.75) is 13.8 Å². The molecular weight excluding hydrogens is 456 g/mol. The number of hydrogen-bond donors (Lipinski definition) is 1. The van der Waals surface area contributed by atoms with E-state index in [1.165, 1.54) is 23.9 Å². The molecule has 2 aromatic carbocycles. The fraction of sp³-hybridized carbons (Fsp3) is 0.190. The van der Waals surface area contributed by atoms with E-state index in [0.29, 0.717) is 34.7 Å². The zero-order valence-corrected chi connectivity index (χ0v) is 18.3. The third-order valence-corrected chi connectivity index (χ3v) is 5.60. The molecule has 1 aliphatic heterocycles. The summed E-state index contributed by atoms with van der Waals surface area (Å²) in [5, 5.41) is 9.57. The standard InChI is InChI=1S/C21H19BrN2O4S/c1-3-24-19(25)18(12-14-11-15(22)7-10-17(14)28-4-2)29-21(24)23-16-8-5-13(6-9-16)20(26)27/h5-12H,3-4H2,1-2H3,(H,26,27)/b18-12+,23-21?. The van der Waals surface area contributed by atoms with Gasteiger partial charge >= 0.3 is 5.97 Å². The first-order chi connectivity index (χ1) is 13.9. The van der Waals surface area contributed by atoms with Gasteiger partial charge in [-0.3, -0.25) is 9.69 Å². The molecule has 29 heavy (non-hydrogen) atoms. The van der Waals surface area contributed by atoms with Crippen LogP contribution in [0.25, 0.3) is 6.08 Å². The van der Waals surface area contributed by atoms with Crippen molar-refractivity contribution in [2.24, 2.45) is 4.99 Å². The highest BCUT2D eigenvalue weighted by atomic mass is 79.9. The summed E-state index contributed by atoms with van der Waals surface area (Å²) >= 11 is 4.74. The molecule has 1 heterocycles. The van der Waals surface area contributed by atoms with Gasteiger partial charge in [0.1, 0.15) is 5.75 Å². The van der Waals surface area contributed by atoms with E-state index in [2.05, 4.69) is 20.9 Å². The number of likely N-dealkylation sites (N-methyl/N-ethyl adjacent to an activating group) is 1. The van der Waals surface area contributed by atoms with Crippen molar-refractivity contribution in [3.8, 4) is 5.75 Å². The van der Waals surface area contributed by atoms with Crippen molar-refractivity contribution in [3.63, 3.8) is 0 Å². The largest absolute Gasteiger partial charge is 0.493 e. The lowest BCUT2D eigenvalue weighted by Crippen LogP contribution is -2.28. The predicted octanol–water partition coefficient (Wildman–Crippen LogP) is 5.17. The first-order valence-electron chi connectivity index (χ1n) is 8.98. The summed E-state index contributed by atoms with van der Waals surface area (Å²) in [7, 11) is 0. The summed E-state index contributed by atoms with van der Waals surface area (Å²) in [5.74, 6) is -0.413. The second-order valence-corrected chi connectivity index (χ2v) is 7.95. The quantitative estimate of drug-likeness (QED) is 0.584. The van der Waals surface area contributed by atoms with Crippen LogP contribution < -0.4 is 4.74 Å². The van der Waals surface area contributed by atoms with Gasteiger partial charge in [-0.25, -0.2) is 9.79 Å². The van der Waals surface area contributed by atoms with E-state index >= 15 is 0 Å². The third-order valence-electron chi connectivity index (χ3n) is 4.10. The van der Waals surface area contributed by atoms with E-state index in [9.17, 15) is 9.59 Å². The topological polar surface area (TPSA) is 79.2 Å². The van der Waals surface area contributed by atoms with E-state index in [1.807, 2.05) is 38.1 Å². The minimum Gasteiger partial charge on any atom is -0.493 e. The zero-order valence-electron chi connectivity index (χ0n) is 15.9. The van der Waals surface area contributed by atoms with E-state index in [1.54, 1.807) is 17.0 Å². The monoisotopic (exact) mass is 474 g/mol. The van der Waals surface area contributed by atoms with Gasteiger partial charge in [-0.1, -0.05) is 15.9 Å². The number of amides is 1. The molecule has 0 unspecified atom stereocenters. The minimum absolute atomic E-state index is 0.124. The maximum absolute atomic E-state index is 12.9. The molecule has 0 aliphatic carbocycles. The molecule has 0 aromatic heterocycles. The number of rotatable bonds is 6. The Morgan fingerprint density at radius 1 is 1.24 bits per heavy atom. The van der Waals surface area contributed by atoms with Crippen LogP contribution in [-0.4, -0.2) is 40.2 Å². The fourth-order valence-electron chi connectivity index (χ4n) is 2.72. The second-order valence-electron chi connectivity index (χ2n) is 6.02. The summed E-state index contributed by atoms with van der Waals surface area (Å²) in [4.78, 5) is 30.5. The molecule has 8 heteroatoms. The Kier molecular flexibility index (Phi) is 6.76. The molecule has 1 fully saturated rings. The van der Waals surface area contributed by atoms with Crippen LogP contribution >= 0.6 is 27.7 Å². The summed E-state index contributed by atoms with van der Waals surface area (Å²) in [6.45, 7) is 4.80. The number of benzene rings is 2. The van der Waals surface area contributed by atoms with Crippen LogP contribution in [0.4, 0.5) is 5.69 Å². The molecule has 6 nitrogen and oxygen atoms in total. The SMILES string of the molecule is CCOc1ccc(Br)cc1/C=C1/SC(=Nc2ccc(C(=O)O)cc2)N(CC)C1=O. The van der Waals surface area contributed by atoms with Gasteiger partial charge < -0.3 is 9.84 Å². The van der Waals surface area contributed by atoms with Crippen LogP contribution in [-0.2, 0) is 4.79 Å². The van der Waals surface area contributed by atoms with Crippen molar-refractivity contribution in [1.29, 1.82) is 0 Å². The van der Waals surface area contributed by atoms with Gasteiger partial charge in [-0.2, -0.15) is 0 Å². The van der Waals surface area contributed by atoms with Crippen LogP contribution in [0, 0.1) is 0 Å². The lowest BCUT2D eigenvalue weighted by atomic mass is 10.2. The van der Waals surface area contributed by atoms with Gasteiger partial charge in [0.05, 0.1) is 22.8 Å². The number of ether oxygens (including phenoxy) is 1. The van der Waals surface area contributed by atoms with Gasteiger partial charge in [-0.15, -0.1) is 0 Å². The van der Waals surface area contributed by atoms with Crippen LogP contribution in [0.15, 0.2) is 56.8 Å². The average Bonchev–Trinajstić information content (AvgIpc) is 2.98. The second kappa shape index (κ2) is 9.28. The van der Waals surface area contributed by atoms with Crippen LogP contribution in [0.2, 0.25) is 0 Å². The molecule has 3 rings (SSSR count). The Morgan fingerprint density at radius 2 is 1.97 bits per heavy atom. The number of nitrogens with zero attached hydrogens (tertiary/aromatic N) is 2. The molecular formula is C21H19BrN2O4S. The van der Waals surface area contributed by atoms with Gasteiger partial charge in [0.25, 0.3) is 5.91 Å². The molecule has 0 atom stereocenters. The van der Waals surface area contributed by atoms with E-state index in [-0.39, 0.29) is 11.5 Å². The number of amidine groups is 1. The Morgan fingerprint density at radius 3 is 2.59 bits per heavy atom. The summed E-state index contributed by atoms with van der Waals surface area (Å²) in [5.41, 5.74) is 1.58. The molecule has 150 valence electrons. The van der Waals surface area contributed by atoms with Crippen molar-refractivity contribution in [3.05, 3.63) is 63.0 Å². The molecule has 1 aliphatic rings. The van der Waals surface area contributed by atoms with Crippen molar-refractivity contribution >= 4 is 56.5 Å². The van der Waals surface area contributed by atoms with E-state index in [0.717, 1.165) is 10.0 Å². The highest BCUT2D eigenvalue weighted by Crippen LogP contribution is 2.36. The van der Waals surface area contributed by atoms with Crippen molar-refractivity contribution in [1.82, 2.24) is 4.90 Å². The first kappa shape index (κ1) is 21.1. The number of aliphatic imine (C=N–C) groups is 1. The maximum Gasteiger partial charge on any atom is 0.335 e. The predicted molar refractivity (Wildman–Crippen MR) is 119 cm³/mol. The summed E-state index contributed by atoms with van der Waals surface area (Å²) in [6.07, 6.45) is 1.81. The molecule has 2 aromatic rings. The first-order valence-corrected chi connectivity index (χ1v) is 10.6. The number of thioether (sulfide) groups is 1. The number of hydrogen-bond acceptors (Lipinski definition) is 5. The number of carbonyl (C=O) groups excluding carboxylic acids is 1. The number of aromatic carboxylic acids is 1. The van der Waals surface area contributed by atoms with Crippen molar-refractivity contribution < 1.29 is 19.4 Å². The Balaban J connectivity index is 1.94. The fourth-order valence-corrected chi connectivity index (χ4v) is 4.15. The third kappa shape index (κ3) is 4.89. The smallest absolute Gasteiger partial charge is 0.335 e. The molecule has 1 amide bonds. The summed E-state index contributed by atoms with van der Waals surface area (Å²) < 4.78 is 6.56. The van der Waals surface area contributed by atoms with Gasteiger partial charge in [0, 0.05) is 16.6 Å². The minimum atomic E-state index is -0.992. The van der Waals surface area contributed by atoms with Crippen LogP contribution in [0.5, 0.6) is 5.75 Å². The van der Waals surface area contributed by atoms with Crippen LogP contribution in [0.1, 0.15) is 29.8 Å². The van der Waals surface area contributed by atoms with Gasteiger partial charge in [0.2, 0.25) is 0 Å². The molecule has 0 saturated carbocycles. The Labute approximate surface area is 181 Å². The zero-order chi connectivity index (χ0) is 21.0. The van der Waals surface area contributed by atoms with E-state index in [4.69, 9.17) is 9.84 Å². The molecule has 1 saturated heterocycles. The molecule has 0 spiro atoms. The van der Waals surface area contributed by atoms with Gasteiger partial charge in [0.15, 0.2) is 5.17 Å². The maximum atomic E-state index is 12.9. The normalized spacial score (nSPS) is 16.7. The van der Waals surface area contributed by atoms with Crippen molar-refractivity contribution in [2.75, 3.05) is 13.2 Å². The van der Waals surface area contributed by atoms with E-state index < -0.39 is 5.97 Å². The van der Waals surface area contributed by atoms with Crippen LogP contribution in [0.3, 0.4) is 0 Å². The Bertz CT molecular complexity index is 1000. The molecule has 0 radical (unpaired) electrons. The highest BCUT2D eigenvalue weighted by Gasteiger charge is 2.32. The average molecular weight is 475 g/mol. The lowest BCUT2D eigenvalue weighted by molar-refractivity contribution is -0.122. The number of carboxylic acid groups (broad SMARTS) is 1. The number of carboxylic acids is 1. The highest BCUT2D eigenvalue weighted by molar-refractivity contribution is 9.10. The molecule has 0 bridgehead atoms. The number of halogens is 1. The summed E-state index contributed by atoms with van der Waals surface area (Å²) in [6, 6.07) is 11.9. The molecule has 1 N–H and O–H groups in total. The lowest BCUT2D eigenvalue weighted by Gasteiger charge is -2.12. The van der Waals surface area contributed by atoms with Gasteiger partial charge in [-0.05, 0) is 74.1 Å². The Hall–Kier alpha value is -2.58. The number of carbonyl (C=O) groups is 2.